The van der Waals surface area contributed by atoms with E-state index in [1.807, 2.05) is 19.9 Å². The summed E-state index contributed by atoms with van der Waals surface area (Å²) in [5.41, 5.74) is 2.72. The molecule has 3 heteroatoms. The SMILES string of the molecule is Cc1cc(C)cc(N(C#N)C#N)c1. The monoisotopic (exact) mass is 171 g/mol. The van der Waals surface area contributed by atoms with Crippen molar-refractivity contribution in [2.45, 2.75) is 13.8 Å². The highest BCUT2D eigenvalue weighted by atomic mass is 15.1. The normalized spacial score (nSPS) is 8.62. The number of aryl methyl sites for hydroxylation is 2. The number of nitrogens with zero attached hydrogens (tertiary/aromatic N) is 3. The summed E-state index contributed by atoms with van der Waals surface area (Å²) in [5, 5.41) is 17.2. The summed E-state index contributed by atoms with van der Waals surface area (Å²) in [6, 6.07) is 5.61. The van der Waals surface area contributed by atoms with E-state index in [0.717, 1.165) is 16.0 Å². The highest BCUT2D eigenvalue weighted by Gasteiger charge is 2.04. The molecule has 3 nitrogen and oxygen atoms in total. The lowest BCUT2D eigenvalue weighted by molar-refractivity contribution is 1.24. The van der Waals surface area contributed by atoms with E-state index in [2.05, 4.69) is 0 Å². The predicted octanol–water partition coefficient (Wildman–Crippen LogP) is 2.07. The molecule has 0 radical (unpaired) electrons. The van der Waals surface area contributed by atoms with Gasteiger partial charge in [-0.15, -0.1) is 0 Å². The van der Waals surface area contributed by atoms with E-state index in [-0.39, 0.29) is 0 Å². The number of rotatable bonds is 1. The zero-order chi connectivity index (χ0) is 9.84. The van der Waals surface area contributed by atoms with E-state index in [1.54, 1.807) is 24.5 Å². The third-order valence-corrected chi connectivity index (χ3v) is 1.66. The van der Waals surface area contributed by atoms with E-state index in [1.165, 1.54) is 0 Å². The fourth-order valence-corrected chi connectivity index (χ4v) is 1.22. The second-order valence-electron chi connectivity index (χ2n) is 2.88. The van der Waals surface area contributed by atoms with Gasteiger partial charge in [-0.2, -0.15) is 15.4 Å². The molecule has 0 amide bonds. The fraction of sp³-hybridized carbons (Fsp3) is 0.200. The van der Waals surface area contributed by atoms with Gasteiger partial charge in [0.1, 0.15) is 0 Å². The molecule has 0 aliphatic carbocycles. The Hall–Kier alpha value is -2.00. The van der Waals surface area contributed by atoms with Crippen LogP contribution in [0.2, 0.25) is 0 Å². The first kappa shape index (κ1) is 9.09. The molecule has 0 N–H and O–H groups in total. The van der Waals surface area contributed by atoms with Crippen molar-refractivity contribution < 1.29 is 0 Å². The highest BCUT2D eigenvalue weighted by molar-refractivity contribution is 5.57. The summed E-state index contributed by atoms with van der Waals surface area (Å²) in [7, 11) is 0. The molecule has 0 fully saturated rings. The van der Waals surface area contributed by atoms with E-state index in [9.17, 15) is 0 Å². The van der Waals surface area contributed by atoms with Crippen LogP contribution >= 0.6 is 0 Å². The van der Waals surface area contributed by atoms with Crippen LogP contribution in [-0.2, 0) is 0 Å². The lowest BCUT2D eigenvalue weighted by Crippen LogP contribution is -2.07. The summed E-state index contributed by atoms with van der Waals surface area (Å²) in [6.45, 7) is 3.87. The predicted molar refractivity (Wildman–Crippen MR) is 49.6 cm³/mol. The Balaban J connectivity index is 3.17. The van der Waals surface area contributed by atoms with Gasteiger partial charge < -0.3 is 0 Å². The molecule has 0 saturated carbocycles. The lowest BCUT2D eigenvalue weighted by atomic mass is 10.1. The zero-order valence-electron chi connectivity index (χ0n) is 7.57. The van der Waals surface area contributed by atoms with E-state index < -0.39 is 0 Å². The second kappa shape index (κ2) is 3.60. The number of hydrogen-bond acceptors (Lipinski definition) is 3. The minimum absolute atomic E-state index is 0.627. The zero-order valence-corrected chi connectivity index (χ0v) is 7.57. The Morgan fingerprint density at radius 1 is 1.00 bits per heavy atom. The first-order valence-corrected chi connectivity index (χ1v) is 3.85. The largest absolute Gasteiger partial charge is 0.198 e. The summed E-state index contributed by atoms with van der Waals surface area (Å²) in [6.07, 6.45) is 3.59. The van der Waals surface area contributed by atoms with Gasteiger partial charge in [0, 0.05) is 0 Å². The van der Waals surface area contributed by atoms with Gasteiger partial charge in [0.25, 0.3) is 0 Å². The maximum atomic E-state index is 8.61. The van der Waals surface area contributed by atoms with Crippen molar-refractivity contribution in [3.8, 4) is 12.4 Å². The van der Waals surface area contributed by atoms with E-state index >= 15 is 0 Å². The molecular weight excluding hydrogens is 162 g/mol. The second-order valence-corrected chi connectivity index (χ2v) is 2.88. The minimum Gasteiger partial charge on any atom is -0.183 e. The topological polar surface area (TPSA) is 50.8 Å². The van der Waals surface area contributed by atoms with Gasteiger partial charge in [0.05, 0.1) is 5.69 Å². The average Bonchev–Trinajstić information content (AvgIpc) is 2.04. The van der Waals surface area contributed by atoms with Crippen LogP contribution in [0.1, 0.15) is 11.1 Å². The highest BCUT2D eigenvalue weighted by Crippen LogP contribution is 2.17. The van der Waals surface area contributed by atoms with Gasteiger partial charge in [-0.3, -0.25) is 0 Å². The standard InChI is InChI=1S/C10H9N3/c1-8-3-9(2)5-10(4-8)13(6-11)7-12/h3-5H,1-2H3. The van der Waals surface area contributed by atoms with Crippen molar-refractivity contribution in [3.63, 3.8) is 0 Å². The molecule has 0 atom stereocenters. The maximum Gasteiger partial charge on any atom is 0.198 e. The third-order valence-electron chi connectivity index (χ3n) is 1.66. The molecule has 64 valence electrons. The molecule has 0 aromatic heterocycles. The summed E-state index contributed by atoms with van der Waals surface area (Å²) < 4.78 is 0. The molecule has 13 heavy (non-hydrogen) atoms. The van der Waals surface area contributed by atoms with Crippen molar-refractivity contribution in [2.75, 3.05) is 4.90 Å². The lowest BCUT2D eigenvalue weighted by Gasteiger charge is -2.07. The number of anilines is 1. The Bertz CT molecular complexity index is 361. The van der Waals surface area contributed by atoms with Crippen molar-refractivity contribution in [3.05, 3.63) is 29.3 Å². The van der Waals surface area contributed by atoms with Gasteiger partial charge in [-0.1, -0.05) is 6.07 Å². The van der Waals surface area contributed by atoms with Crippen LogP contribution in [0.5, 0.6) is 0 Å². The minimum atomic E-state index is 0.627. The molecule has 0 bridgehead atoms. The summed E-state index contributed by atoms with van der Waals surface area (Å²) in [5.74, 6) is 0. The fourth-order valence-electron chi connectivity index (χ4n) is 1.22. The Kier molecular flexibility index (Phi) is 2.52. The first-order valence-electron chi connectivity index (χ1n) is 3.85. The van der Waals surface area contributed by atoms with Crippen LogP contribution in [0.15, 0.2) is 18.2 Å². The molecular formula is C10H9N3. The van der Waals surface area contributed by atoms with Crippen molar-refractivity contribution in [1.29, 1.82) is 10.5 Å². The molecule has 0 aliphatic rings. The third kappa shape index (κ3) is 1.98. The quantitative estimate of drug-likeness (QED) is 0.480. The molecule has 1 aromatic carbocycles. The molecule has 0 saturated heterocycles. The van der Waals surface area contributed by atoms with Crippen molar-refractivity contribution in [2.24, 2.45) is 0 Å². The first-order chi connectivity index (χ1) is 6.17. The van der Waals surface area contributed by atoms with E-state index in [4.69, 9.17) is 10.5 Å². The van der Waals surface area contributed by atoms with Gasteiger partial charge in [-0.05, 0) is 37.1 Å². The number of hydrogen-bond donors (Lipinski definition) is 0. The summed E-state index contributed by atoms with van der Waals surface area (Å²) >= 11 is 0. The maximum absolute atomic E-state index is 8.61. The molecule has 1 rings (SSSR count). The van der Waals surface area contributed by atoms with Crippen molar-refractivity contribution in [1.82, 2.24) is 0 Å². The summed E-state index contributed by atoms with van der Waals surface area (Å²) in [4.78, 5) is 0.986. The van der Waals surface area contributed by atoms with Crippen LogP contribution in [-0.4, -0.2) is 0 Å². The number of benzene rings is 1. The molecule has 1 aromatic rings. The van der Waals surface area contributed by atoms with Crippen LogP contribution in [0.4, 0.5) is 5.69 Å². The van der Waals surface area contributed by atoms with Crippen LogP contribution in [0.3, 0.4) is 0 Å². The molecule has 0 unspecified atom stereocenters. The van der Waals surface area contributed by atoms with Gasteiger partial charge in [0.2, 0.25) is 0 Å². The number of nitriles is 2. The van der Waals surface area contributed by atoms with Gasteiger partial charge in [-0.25, -0.2) is 0 Å². The Labute approximate surface area is 77.4 Å². The Morgan fingerprint density at radius 3 is 1.85 bits per heavy atom. The molecule has 0 heterocycles. The molecule has 0 spiro atoms. The van der Waals surface area contributed by atoms with Gasteiger partial charge in [0.15, 0.2) is 12.4 Å². The van der Waals surface area contributed by atoms with E-state index in [0.29, 0.717) is 5.69 Å². The smallest absolute Gasteiger partial charge is 0.183 e. The van der Waals surface area contributed by atoms with Crippen LogP contribution in [0, 0.1) is 36.8 Å². The Morgan fingerprint density at radius 2 is 1.46 bits per heavy atom. The van der Waals surface area contributed by atoms with Gasteiger partial charge >= 0.3 is 0 Å². The molecule has 0 aliphatic heterocycles. The van der Waals surface area contributed by atoms with Crippen molar-refractivity contribution >= 4 is 5.69 Å². The van der Waals surface area contributed by atoms with Crippen LogP contribution in [0.25, 0.3) is 0 Å². The average molecular weight is 171 g/mol. The van der Waals surface area contributed by atoms with Crippen LogP contribution < -0.4 is 4.90 Å².